The maximum absolute atomic E-state index is 12.2. The Morgan fingerprint density at radius 2 is 1.82 bits per heavy atom. The number of hydrogen-bond donors (Lipinski definition) is 1. The van der Waals surface area contributed by atoms with Crippen LogP contribution in [0.25, 0.3) is 11.5 Å². The summed E-state index contributed by atoms with van der Waals surface area (Å²) < 4.78 is 10.8. The Kier molecular flexibility index (Phi) is 5.84. The first-order valence-corrected chi connectivity index (χ1v) is 8.88. The molecule has 1 amide bonds. The molecule has 0 spiro atoms. The number of nitrogens with zero attached hydrogens (tertiary/aromatic N) is 2. The molecule has 28 heavy (non-hydrogen) atoms. The summed E-state index contributed by atoms with van der Waals surface area (Å²) in [5, 5.41) is 10.4. The fourth-order valence-corrected chi connectivity index (χ4v) is 2.52. The van der Waals surface area contributed by atoms with Gasteiger partial charge in [-0.05, 0) is 56.2 Å². The summed E-state index contributed by atoms with van der Waals surface area (Å²) in [6, 6.07) is 14.7. The van der Waals surface area contributed by atoms with E-state index in [-0.39, 0.29) is 18.3 Å². The summed E-state index contributed by atoms with van der Waals surface area (Å²) in [4.78, 5) is 24.2. The zero-order chi connectivity index (χ0) is 20.1. The van der Waals surface area contributed by atoms with Crippen LogP contribution in [0.2, 0.25) is 0 Å². The van der Waals surface area contributed by atoms with Gasteiger partial charge >= 0.3 is 5.97 Å². The lowest BCUT2D eigenvalue weighted by Gasteiger charge is -2.10. The average molecular weight is 379 g/mol. The van der Waals surface area contributed by atoms with Crippen molar-refractivity contribution in [2.24, 2.45) is 0 Å². The normalized spacial score (nSPS) is 11.7. The topological polar surface area (TPSA) is 94.3 Å². The van der Waals surface area contributed by atoms with E-state index in [4.69, 9.17) is 9.15 Å². The standard InChI is InChI=1S/C21H21N3O4/c1-13-9-10-17(11-14(13)2)19(26)22-12-18(25)27-15(3)20-23-24-21(28-20)16-7-5-4-6-8-16/h4-11,15H,12H2,1-3H3,(H,22,26)/t15-/m0/s1. The molecule has 0 saturated carbocycles. The van der Waals surface area contributed by atoms with Gasteiger partial charge < -0.3 is 14.5 Å². The van der Waals surface area contributed by atoms with Crippen molar-refractivity contribution in [3.63, 3.8) is 0 Å². The first-order chi connectivity index (χ1) is 13.4. The quantitative estimate of drug-likeness (QED) is 0.660. The van der Waals surface area contributed by atoms with E-state index in [0.29, 0.717) is 11.5 Å². The molecule has 0 radical (unpaired) electrons. The highest BCUT2D eigenvalue weighted by Gasteiger charge is 2.19. The zero-order valence-electron chi connectivity index (χ0n) is 15.9. The molecule has 1 heterocycles. The summed E-state index contributed by atoms with van der Waals surface area (Å²) in [5.74, 6) is -0.393. The SMILES string of the molecule is Cc1ccc(C(=O)NCC(=O)O[C@@H](C)c2nnc(-c3ccccc3)o2)cc1C. The number of rotatable bonds is 6. The number of carbonyl (C=O) groups excluding carboxylic acids is 2. The zero-order valence-corrected chi connectivity index (χ0v) is 15.9. The molecule has 2 aromatic carbocycles. The highest BCUT2D eigenvalue weighted by molar-refractivity contribution is 5.96. The van der Waals surface area contributed by atoms with Crippen molar-refractivity contribution < 1.29 is 18.7 Å². The van der Waals surface area contributed by atoms with Crippen molar-refractivity contribution in [1.29, 1.82) is 0 Å². The van der Waals surface area contributed by atoms with E-state index >= 15 is 0 Å². The monoisotopic (exact) mass is 379 g/mol. The van der Waals surface area contributed by atoms with Gasteiger partial charge in [-0.15, -0.1) is 10.2 Å². The minimum atomic E-state index is -0.726. The predicted octanol–water partition coefficient (Wildman–Crippen LogP) is 3.39. The van der Waals surface area contributed by atoms with E-state index < -0.39 is 12.1 Å². The van der Waals surface area contributed by atoms with Crippen LogP contribution < -0.4 is 5.32 Å². The number of hydrogen-bond acceptors (Lipinski definition) is 6. The van der Waals surface area contributed by atoms with E-state index in [1.54, 1.807) is 19.1 Å². The van der Waals surface area contributed by atoms with Gasteiger partial charge in [-0.3, -0.25) is 9.59 Å². The number of nitrogens with one attached hydrogen (secondary N) is 1. The largest absolute Gasteiger partial charge is 0.451 e. The lowest BCUT2D eigenvalue weighted by molar-refractivity contribution is -0.148. The van der Waals surface area contributed by atoms with E-state index in [1.165, 1.54) is 0 Å². The lowest BCUT2D eigenvalue weighted by atomic mass is 10.1. The van der Waals surface area contributed by atoms with Crippen molar-refractivity contribution in [2.45, 2.75) is 26.9 Å². The number of carbonyl (C=O) groups is 2. The van der Waals surface area contributed by atoms with Gasteiger partial charge in [0, 0.05) is 11.1 Å². The van der Waals surface area contributed by atoms with Crippen molar-refractivity contribution in [3.05, 3.63) is 71.1 Å². The second-order valence-corrected chi connectivity index (χ2v) is 6.43. The number of esters is 1. The van der Waals surface area contributed by atoms with Gasteiger partial charge in [0.15, 0.2) is 6.10 Å². The molecule has 3 rings (SSSR count). The Morgan fingerprint density at radius 3 is 2.54 bits per heavy atom. The molecule has 0 bridgehead atoms. The fraction of sp³-hybridized carbons (Fsp3) is 0.238. The molecular weight excluding hydrogens is 358 g/mol. The van der Waals surface area contributed by atoms with Crippen LogP contribution in [-0.4, -0.2) is 28.6 Å². The predicted molar refractivity (Wildman–Crippen MR) is 102 cm³/mol. The molecule has 1 atom stereocenters. The van der Waals surface area contributed by atoms with Crippen molar-refractivity contribution in [3.8, 4) is 11.5 Å². The van der Waals surface area contributed by atoms with Gasteiger partial charge in [0.25, 0.3) is 11.8 Å². The average Bonchev–Trinajstić information content (AvgIpc) is 3.19. The Hall–Kier alpha value is -3.48. The van der Waals surface area contributed by atoms with Crippen LogP contribution >= 0.6 is 0 Å². The Labute approximate surface area is 162 Å². The molecule has 0 aliphatic heterocycles. The molecule has 3 aromatic rings. The van der Waals surface area contributed by atoms with E-state index in [0.717, 1.165) is 16.7 Å². The molecule has 0 aliphatic rings. The Bertz CT molecular complexity index is 982. The highest BCUT2D eigenvalue weighted by Crippen LogP contribution is 2.22. The summed E-state index contributed by atoms with van der Waals surface area (Å²) in [7, 11) is 0. The van der Waals surface area contributed by atoms with Crippen LogP contribution in [0.1, 0.15) is 40.4 Å². The van der Waals surface area contributed by atoms with Crippen molar-refractivity contribution in [2.75, 3.05) is 6.54 Å². The highest BCUT2D eigenvalue weighted by atomic mass is 16.6. The van der Waals surface area contributed by atoms with Gasteiger partial charge in [-0.25, -0.2) is 0 Å². The molecule has 7 nitrogen and oxygen atoms in total. The van der Waals surface area contributed by atoms with Gasteiger partial charge in [-0.2, -0.15) is 0 Å². The summed E-state index contributed by atoms with van der Waals surface area (Å²) in [6.45, 7) is 5.27. The third kappa shape index (κ3) is 4.62. The Balaban J connectivity index is 1.54. The number of ether oxygens (including phenoxy) is 1. The van der Waals surface area contributed by atoms with Crippen LogP contribution in [0.4, 0.5) is 0 Å². The molecule has 0 aliphatic carbocycles. The van der Waals surface area contributed by atoms with E-state index in [1.807, 2.05) is 50.2 Å². The lowest BCUT2D eigenvalue weighted by Crippen LogP contribution is -2.31. The van der Waals surface area contributed by atoms with Crippen LogP contribution in [0.5, 0.6) is 0 Å². The Morgan fingerprint density at radius 1 is 1.07 bits per heavy atom. The number of benzene rings is 2. The molecule has 0 fully saturated rings. The van der Waals surface area contributed by atoms with Gasteiger partial charge in [-0.1, -0.05) is 24.3 Å². The van der Waals surface area contributed by atoms with Crippen LogP contribution in [0, 0.1) is 13.8 Å². The van der Waals surface area contributed by atoms with Crippen molar-refractivity contribution >= 4 is 11.9 Å². The molecule has 144 valence electrons. The van der Waals surface area contributed by atoms with Crippen LogP contribution in [0.3, 0.4) is 0 Å². The van der Waals surface area contributed by atoms with Crippen molar-refractivity contribution in [1.82, 2.24) is 15.5 Å². The third-order valence-corrected chi connectivity index (χ3v) is 4.28. The second kappa shape index (κ2) is 8.47. The second-order valence-electron chi connectivity index (χ2n) is 6.43. The van der Waals surface area contributed by atoms with Crippen LogP contribution in [-0.2, 0) is 9.53 Å². The van der Waals surface area contributed by atoms with Gasteiger partial charge in [0.1, 0.15) is 6.54 Å². The number of aromatic nitrogens is 2. The third-order valence-electron chi connectivity index (χ3n) is 4.28. The van der Waals surface area contributed by atoms with Crippen LogP contribution in [0.15, 0.2) is 52.9 Å². The summed E-state index contributed by atoms with van der Waals surface area (Å²) >= 11 is 0. The summed E-state index contributed by atoms with van der Waals surface area (Å²) in [6.07, 6.45) is -0.726. The van der Waals surface area contributed by atoms with Gasteiger partial charge in [0.05, 0.1) is 0 Å². The summed E-state index contributed by atoms with van der Waals surface area (Å²) in [5.41, 5.74) is 3.38. The molecule has 1 aromatic heterocycles. The van der Waals surface area contributed by atoms with E-state index in [9.17, 15) is 9.59 Å². The minimum Gasteiger partial charge on any atom is -0.451 e. The first-order valence-electron chi connectivity index (χ1n) is 8.88. The molecule has 0 saturated heterocycles. The molecule has 7 heteroatoms. The molecule has 1 N–H and O–H groups in total. The maximum atomic E-state index is 12.2. The first kappa shape index (κ1) is 19.3. The minimum absolute atomic E-state index is 0.188. The maximum Gasteiger partial charge on any atom is 0.326 e. The number of amides is 1. The van der Waals surface area contributed by atoms with Gasteiger partial charge in [0.2, 0.25) is 5.89 Å². The van der Waals surface area contributed by atoms with E-state index in [2.05, 4.69) is 15.5 Å². The molecule has 0 unspecified atom stereocenters. The molecular formula is C21H21N3O4. The smallest absolute Gasteiger partial charge is 0.326 e. The fourth-order valence-electron chi connectivity index (χ4n) is 2.52. The number of aryl methyl sites for hydroxylation is 2.